The molecule has 1 heterocycles. The Bertz CT molecular complexity index is 590. The maximum atomic E-state index is 11.0. The minimum Gasteiger partial charge on any atom is -0.476 e. The summed E-state index contributed by atoms with van der Waals surface area (Å²) < 4.78 is 1.62. The molecule has 18 heavy (non-hydrogen) atoms. The molecule has 0 fully saturated rings. The summed E-state index contributed by atoms with van der Waals surface area (Å²) >= 11 is 5.94. The molecular weight excluding hydrogens is 252 g/mol. The van der Waals surface area contributed by atoms with Crippen LogP contribution in [0, 0.1) is 0 Å². The molecule has 0 aliphatic heterocycles. The van der Waals surface area contributed by atoms with Gasteiger partial charge in [0.2, 0.25) is 0 Å². The van der Waals surface area contributed by atoms with Crippen molar-refractivity contribution in [1.82, 2.24) is 9.78 Å². The van der Waals surface area contributed by atoms with E-state index < -0.39 is 5.97 Å². The van der Waals surface area contributed by atoms with Crippen molar-refractivity contribution in [2.75, 3.05) is 0 Å². The minimum atomic E-state index is -1.03. The molecule has 0 bridgehead atoms. The Labute approximate surface area is 110 Å². The van der Waals surface area contributed by atoms with Gasteiger partial charge in [-0.05, 0) is 30.2 Å². The van der Waals surface area contributed by atoms with E-state index in [2.05, 4.69) is 5.10 Å². The summed E-state index contributed by atoms with van der Waals surface area (Å²) in [7, 11) is 0. The van der Waals surface area contributed by atoms with Crippen LogP contribution >= 0.6 is 11.6 Å². The molecule has 0 aliphatic carbocycles. The highest BCUT2D eigenvalue weighted by Gasteiger charge is 2.16. The van der Waals surface area contributed by atoms with E-state index in [0.717, 1.165) is 11.4 Å². The zero-order valence-electron chi connectivity index (χ0n) is 10.1. The zero-order chi connectivity index (χ0) is 13.3. The van der Waals surface area contributed by atoms with Gasteiger partial charge in [-0.3, -0.25) is 0 Å². The number of hydrogen-bond acceptors (Lipinski definition) is 2. The predicted molar refractivity (Wildman–Crippen MR) is 69.6 cm³/mol. The van der Waals surface area contributed by atoms with Gasteiger partial charge in [-0.2, -0.15) is 5.10 Å². The highest BCUT2D eigenvalue weighted by molar-refractivity contribution is 6.30. The van der Waals surface area contributed by atoms with Crippen molar-refractivity contribution in [2.45, 2.75) is 19.8 Å². The average molecular weight is 265 g/mol. The van der Waals surface area contributed by atoms with Gasteiger partial charge in [0.25, 0.3) is 0 Å². The highest BCUT2D eigenvalue weighted by Crippen LogP contribution is 2.22. The smallest absolute Gasteiger partial charge is 0.356 e. The standard InChI is InChI=1S/C13H13ClN2O2/c1-8(2)12-7-11(13(17)18)15-16(12)10-5-3-4-9(14)6-10/h3-8H,1-2H3,(H,17,18). The number of hydrogen-bond donors (Lipinski definition) is 1. The molecule has 0 saturated carbocycles. The van der Waals surface area contributed by atoms with Gasteiger partial charge in [0.1, 0.15) is 0 Å². The molecular formula is C13H13ClN2O2. The Morgan fingerprint density at radius 1 is 1.39 bits per heavy atom. The second-order valence-corrected chi connectivity index (χ2v) is 4.74. The topological polar surface area (TPSA) is 55.1 Å². The lowest BCUT2D eigenvalue weighted by molar-refractivity contribution is 0.0690. The van der Waals surface area contributed by atoms with Crippen molar-refractivity contribution in [2.24, 2.45) is 0 Å². The molecule has 1 aromatic heterocycles. The number of rotatable bonds is 3. The lowest BCUT2D eigenvalue weighted by Gasteiger charge is -2.09. The van der Waals surface area contributed by atoms with E-state index in [0.29, 0.717) is 5.02 Å². The Kier molecular flexibility index (Phi) is 3.39. The van der Waals surface area contributed by atoms with Crippen molar-refractivity contribution in [3.63, 3.8) is 0 Å². The third-order valence-electron chi connectivity index (χ3n) is 2.60. The molecule has 0 saturated heterocycles. The summed E-state index contributed by atoms with van der Waals surface area (Å²) in [6.45, 7) is 3.98. The number of aromatic carboxylic acids is 1. The third-order valence-corrected chi connectivity index (χ3v) is 2.84. The molecule has 0 radical (unpaired) electrons. The summed E-state index contributed by atoms with van der Waals surface area (Å²) in [5.74, 6) is -0.859. The Balaban J connectivity index is 2.58. The normalized spacial score (nSPS) is 10.9. The number of halogens is 1. The first-order valence-corrected chi connectivity index (χ1v) is 5.96. The molecule has 0 unspecified atom stereocenters. The van der Waals surface area contributed by atoms with E-state index >= 15 is 0 Å². The summed E-state index contributed by atoms with van der Waals surface area (Å²) in [5.41, 5.74) is 1.65. The maximum Gasteiger partial charge on any atom is 0.356 e. The molecule has 0 atom stereocenters. The van der Waals surface area contributed by atoms with Gasteiger partial charge >= 0.3 is 5.97 Å². The predicted octanol–water partition coefficient (Wildman–Crippen LogP) is 3.35. The fourth-order valence-corrected chi connectivity index (χ4v) is 1.91. The summed E-state index contributed by atoms with van der Waals surface area (Å²) in [6.07, 6.45) is 0. The molecule has 4 nitrogen and oxygen atoms in total. The van der Waals surface area contributed by atoms with Crippen LogP contribution in [0.15, 0.2) is 30.3 Å². The van der Waals surface area contributed by atoms with Crippen molar-refractivity contribution < 1.29 is 9.90 Å². The van der Waals surface area contributed by atoms with Gasteiger partial charge in [0.15, 0.2) is 5.69 Å². The summed E-state index contributed by atoms with van der Waals surface area (Å²) in [6, 6.07) is 8.77. The van der Waals surface area contributed by atoms with E-state index in [1.807, 2.05) is 26.0 Å². The Hall–Kier alpha value is -1.81. The molecule has 0 spiro atoms. The average Bonchev–Trinajstić information content (AvgIpc) is 2.73. The number of benzene rings is 1. The van der Waals surface area contributed by atoms with Crippen LogP contribution < -0.4 is 0 Å². The van der Waals surface area contributed by atoms with Gasteiger partial charge in [-0.25, -0.2) is 9.48 Å². The molecule has 2 aromatic rings. The largest absolute Gasteiger partial charge is 0.476 e. The number of carboxylic acid groups (broad SMARTS) is 1. The van der Waals surface area contributed by atoms with Gasteiger partial charge in [-0.15, -0.1) is 0 Å². The van der Waals surface area contributed by atoms with Crippen molar-refractivity contribution in [3.05, 3.63) is 46.7 Å². The first-order valence-electron chi connectivity index (χ1n) is 5.58. The van der Waals surface area contributed by atoms with E-state index in [-0.39, 0.29) is 11.6 Å². The van der Waals surface area contributed by atoms with Crippen molar-refractivity contribution in [3.8, 4) is 5.69 Å². The minimum absolute atomic E-state index is 0.0404. The molecule has 5 heteroatoms. The molecule has 0 amide bonds. The van der Waals surface area contributed by atoms with Gasteiger partial charge in [-0.1, -0.05) is 31.5 Å². The van der Waals surface area contributed by atoms with Crippen molar-refractivity contribution in [1.29, 1.82) is 0 Å². The highest BCUT2D eigenvalue weighted by atomic mass is 35.5. The van der Waals surface area contributed by atoms with Crippen LogP contribution in [0.25, 0.3) is 5.69 Å². The molecule has 94 valence electrons. The van der Waals surface area contributed by atoms with Crippen LogP contribution in [-0.4, -0.2) is 20.9 Å². The van der Waals surface area contributed by atoms with Gasteiger partial charge < -0.3 is 5.11 Å². The van der Waals surface area contributed by atoms with E-state index in [4.69, 9.17) is 16.7 Å². The number of carboxylic acids is 1. The Morgan fingerprint density at radius 2 is 2.11 bits per heavy atom. The van der Waals surface area contributed by atoms with Crippen LogP contribution in [-0.2, 0) is 0 Å². The number of carbonyl (C=O) groups is 1. The summed E-state index contributed by atoms with van der Waals surface area (Å²) in [4.78, 5) is 11.0. The first-order chi connectivity index (χ1) is 8.49. The van der Waals surface area contributed by atoms with Crippen LogP contribution in [0.4, 0.5) is 0 Å². The molecule has 1 N–H and O–H groups in total. The Morgan fingerprint density at radius 3 is 2.67 bits per heavy atom. The number of aromatic nitrogens is 2. The SMILES string of the molecule is CC(C)c1cc(C(=O)O)nn1-c1cccc(Cl)c1. The van der Waals surface area contributed by atoms with Crippen LogP contribution in [0.5, 0.6) is 0 Å². The summed E-state index contributed by atoms with van der Waals surface area (Å²) in [5, 5.41) is 13.7. The maximum absolute atomic E-state index is 11.0. The quantitative estimate of drug-likeness (QED) is 0.925. The second kappa shape index (κ2) is 4.82. The van der Waals surface area contributed by atoms with Gasteiger partial charge in [0.05, 0.1) is 5.69 Å². The van der Waals surface area contributed by atoms with E-state index in [1.165, 1.54) is 0 Å². The lowest BCUT2D eigenvalue weighted by atomic mass is 10.1. The molecule has 0 aliphatic rings. The van der Waals surface area contributed by atoms with Crippen LogP contribution in [0.1, 0.15) is 35.9 Å². The van der Waals surface area contributed by atoms with E-state index in [1.54, 1.807) is 22.9 Å². The molecule has 2 rings (SSSR count). The monoisotopic (exact) mass is 264 g/mol. The first kappa shape index (κ1) is 12.6. The van der Waals surface area contributed by atoms with Crippen molar-refractivity contribution >= 4 is 17.6 Å². The third kappa shape index (κ3) is 2.38. The number of nitrogens with zero attached hydrogens (tertiary/aromatic N) is 2. The molecule has 1 aromatic carbocycles. The lowest BCUT2D eigenvalue weighted by Crippen LogP contribution is -2.04. The van der Waals surface area contributed by atoms with Crippen LogP contribution in [0.3, 0.4) is 0 Å². The van der Waals surface area contributed by atoms with E-state index in [9.17, 15) is 4.79 Å². The fourth-order valence-electron chi connectivity index (χ4n) is 1.73. The second-order valence-electron chi connectivity index (χ2n) is 4.31. The van der Waals surface area contributed by atoms with Gasteiger partial charge in [0, 0.05) is 10.7 Å². The zero-order valence-corrected chi connectivity index (χ0v) is 10.8. The fraction of sp³-hybridized carbons (Fsp3) is 0.231. The van der Waals surface area contributed by atoms with Crippen LogP contribution in [0.2, 0.25) is 5.02 Å².